The first kappa shape index (κ1) is 14.5. The molecule has 1 aromatic carbocycles. The van der Waals surface area contributed by atoms with Gasteiger partial charge in [-0.05, 0) is 20.8 Å². The predicted octanol–water partition coefficient (Wildman–Crippen LogP) is 3.98. The number of hydrogen-bond acceptors (Lipinski definition) is 5. The van der Waals surface area contributed by atoms with Crippen LogP contribution in [0, 0.1) is 20.8 Å². The third-order valence-corrected chi connectivity index (χ3v) is 4.09. The van der Waals surface area contributed by atoms with Crippen LogP contribution in [0.5, 0.6) is 0 Å². The Kier molecular flexibility index (Phi) is 3.77. The van der Waals surface area contributed by atoms with Crippen LogP contribution < -0.4 is 5.32 Å². The minimum absolute atomic E-state index is 0.252. The van der Waals surface area contributed by atoms with Crippen LogP contribution >= 0.6 is 11.3 Å². The van der Waals surface area contributed by atoms with E-state index < -0.39 is 0 Å². The number of aromatic nitrogens is 2. The van der Waals surface area contributed by atoms with Gasteiger partial charge >= 0.3 is 0 Å². The number of carbonyl (C=O) groups excluding carboxylic acids is 1. The Balaban J connectivity index is 1.83. The number of benzene rings is 1. The molecule has 0 aliphatic heterocycles. The number of nitrogens with one attached hydrogen (secondary N) is 1. The van der Waals surface area contributed by atoms with Crippen LogP contribution in [-0.2, 0) is 0 Å². The van der Waals surface area contributed by atoms with Gasteiger partial charge in [0, 0.05) is 16.5 Å². The van der Waals surface area contributed by atoms with Gasteiger partial charge in [-0.15, -0.1) is 11.3 Å². The molecule has 0 radical (unpaired) electrons. The van der Waals surface area contributed by atoms with Crippen LogP contribution in [0.15, 0.2) is 34.9 Å². The van der Waals surface area contributed by atoms with E-state index in [0.717, 1.165) is 16.1 Å². The van der Waals surface area contributed by atoms with E-state index in [-0.39, 0.29) is 11.6 Å². The van der Waals surface area contributed by atoms with Crippen molar-refractivity contribution in [2.24, 2.45) is 0 Å². The van der Waals surface area contributed by atoms with E-state index in [1.165, 1.54) is 16.9 Å². The smallest absolute Gasteiger partial charge is 0.279 e. The highest BCUT2D eigenvalue weighted by molar-refractivity contribution is 7.16. The van der Waals surface area contributed by atoms with Gasteiger partial charge in [-0.25, -0.2) is 4.98 Å². The van der Waals surface area contributed by atoms with E-state index in [9.17, 15) is 4.79 Å². The molecule has 1 N–H and O–H groups in total. The summed E-state index contributed by atoms with van der Waals surface area (Å²) < 4.78 is 4.90. The molecule has 0 bridgehead atoms. The van der Waals surface area contributed by atoms with E-state index in [2.05, 4.69) is 15.5 Å². The molecule has 0 unspecified atom stereocenters. The van der Waals surface area contributed by atoms with Gasteiger partial charge in [0.05, 0.1) is 5.69 Å². The molecule has 0 aliphatic rings. The molecule has 0 saturated carbocycles. The maximum absolute atomic E-state index is 12.1. The molecule has 1 amide bonds. The molecule has 2 heterocycles. The Morgan fingerprint density at radius 2 is 1.91 bits per heavy atom. The van der Waals surface area contributed by atoms with Crippen molar-refractivity contribution in [2.75, 3.05) is 5.32 Å². The number of rotatable bonds is 3. The molecule has 3 aromatic rings. The van der Waals surface area contributed by atoms with E-state index in [1.807, 2.05) is 38.1 Å². The Labute approximate surface area is 132 Å². The molecule has 112 valence electrons. The number of nitrogens with zero attached hydrogens (tertiary/aromatic N) is 2. The summed E-state index contributed by atoms with van der Waals surface area (Å²) in [5.74, 6) is 0.280. The maximum atomic E-state index is 12.1. The lowest BCUT2D eigenvalue weighted by molar-refractivity contribution is 0.101. The molecule has 3 rings (SSSR count). The molecule has 0 saturated heterocycles. The summed E-state index contributed by atoms with van der Waals surface area (Å²) in [6, 6.07) is 9.75. The van der Waals surface area contributed by atoms with E-state index in [0.29, 0.717) is 10.9 Å². The Bertz CT molecular complexity index is 818. The van der Waals surface area contributed by atoms with Crippen LogP contribution in [0.1, 0.15) is 26.7 Å². The van der Waals surface area contributed by atoms with Crippen molar-refractivity contribution in [2.45, 2.75) is 20.8 Å². The van der Waals surface area contributed by atoms with E-state index >= 15 is 0 Å². The van der Waals surface area contributed by atoms with Crippen molar-refractivity contribution >= 4 is 22.4 Å². The first-order valence-electron chi connectivity index (χ1n) is 6.82. The summed E-state index contributed by atoms with van der Waals surface area (Å²) in [4.78, 5) is 17.6. The maximum Gasteiger partial charge on any atom is 0.279 e. The van der Waals surface area contributed by atoms with Gasteiger partial charge in [0.25, 0.3) is 5.91 Å². The van der Waals surface area contributed by atoms with E-state index in [1.54, 1.807) is 13.0 Å². The van der Waals surface area contributed by atoms with Crippen molar-refractivity contribution in [1.82, 2.24) is 10.1 Å². The highest BCUT2D eigenvalue weighted by Gasteiger charge is 2.15. The standard InChI is InChI=1S/C16H15N3O2S/c1-9-4-6-12(7-5-9)14-11(3)22-16(17-14)18-15(20)13-8-10(2)21-19-13/h4-8H,1-3H3,(H,17,18,20). The molecule has 2 aromatic heterocycles. The molecule has 0 atom stereocenters. The second kappa shape index (κ2) is 5.73. The first-order valence-corrected chi connectivity index (χ1v) is 7.64. The lowest BCUT2D eigenvalue weighted by atomic mass is 10.1. The van der Waals surface area contributed by atoms with Crippen LogP contribution in [0.2, 0.25) is 0 Å². The average Bonchev–Trinajstić information content (AvgIpc) is 3.06. The van der Waals surface area contributed by atoms with Gasteiger partial charge in [0.1, 0.15) is 5.76 Å². The van der Waals surface area contributed by atoms with Crippen LogP contribution in [-0.4, -0.2) is 16.0 Å². The van der Waals surface area contributed by atoms with E-state index in [4.69, 9.17) is 4.52 Å². The zero-order valence-electron chi connectivity index (χ0n) is 12.5. The average molecular weight is 313 g/mol. The second-order valence-corrected chi connectivity index (χ2v) is 6.27. The monoisotopic (exact) mass is 313 g/mol. The molecule has 0 spiro atoms. The summed E-state index contributed by atoms with van der Waals surface area (Å²) in [5.41, 5.74) is 3.38. The minimum atomic E-state index is -0.318. The van der Waals surface area contributed by atoms with Crippen molar-refractivity contribution in [1.29, 1.82) is 0 Å². The largest absolute Gasteiger partial charge is 0.361 e. The number of hydrogen-bond donors (Lipinski definition) is 1. The molecule has 0 aliphatic carbocycles. The van der Waals surface area contributed by atoms with Crippen molar-refractivity contribution < 1.29 is 9.32 Å². The fourth-order valence-electron chi connectivity index (χ4n) is 2.06. The van der Waals surface area contributed by atoms with Crippen molar-refractivity contribution in [3.63, 3.8) is 0 Å². The Morgan fingerprint density at radius 1 is 1.18 bits per heavy atom. The minimum Gasteiger partial charge on any atom is -0.361 e. The van der Waals surface area contributed by atoms with Gasteiger partial charge in [-0.2, -0.15) is 0 Å². The highest BCUT2D eigenvalue weighted by atomic mass is 32.1. The van der Waals surface area contributed by atoms with Crippen molar-refractivity contribution in [3.05, 3.63) is 52.2 Å². The van der Waals surface area contributed by atoms with Crippen LogP contribution in [0.25, 0.3) is 11.3 Å². The fraction of sp³-hybridized carbons (Fsp3) is 0.188. The third kappa shape index (κ3) is 2.92. The summed E-state index contributed by atoms with van der Waals surface area (Å²) in [5, 5.41) is 7.01. The molecule has 22 heavy (non-hydrogen) atoms. The summed E-state index contributed by atoms with van der Waals surface area (Å²) >= 11 is 1.44. The molecule has 6 heteroatoms. The second-order valence-electron chi connectivity index (χ2n) is 5.07. The van der Waals surface area contributed by atoms with Gasteiger partial charge in [-0.1, -0.05) is 35.0 Å². The molecular weight excluding hydrogens is 298 g/mol. The number of thiazole rings is 1. The first-order chi connectivity index (χ1) is 10.5. The number of carbonyl (C=O) groups is 1. The quantitative estimate of drug-likeness (QED) is 0.794. The number of amides is 1. The normalized spacial score (nSPS) is 10.7. The zero-order chi connectivity index (χ0) is 15.7. The SMILES string of the molecule is Cc1ccc(-c2nc(NC(=O)c3cc(C)on3)sc2C)cc1. The lowest BCUT2D eigenvalue weighted by Crippen LogP contribution is -2.11. The summed E-state index contributed by atoms with van der Waals surface area (Å²) in [6.07, 6.45) is 0. The molecule has 5 nitrogen and oxygen atoms in total. The van der Waals surface area contributed by atoms with Gasteiger partial charge in [0.2, 0.25) is 0 Å². The topological polar surface area (TPSA) is 68.0 Å². The third-order valence-electron chi connectivity index (χ3n) is 3.20. The summed E-state index contributed by atoms with van der Waals surface area (Å²) in [6.45, 7) is 5.78. The highest BCUT2D eigenvalue weighted by Crippen LogP contribution is 2.30. The Hall–Kier alpha value is -2.47. The molecule has 0 fully saturated rings. The van der Waals surface area contributed by atoms with Crippen LogP contribution in [0.4, 0.5) is 5.13 Å². The zero-order valence-corrected chi connectivity index (χ0v) is 13.3. The van der Waals surface area contributed by atoms with Crippen LogP contribution in [0.3, 0.4) is 0 Å². The lowest BCUT2D eigenvalue weighted by Gasteiger charge is -1.99. The summed E-state index contributed by atoms with van der Waals surface area (Å²) in [7, 11) is 0. The van der Waals surface area contributed by atoms with Crippen molar-refractivity contribution in [3.8, 4) is 11.3 Å². The predicted molar refractivity (Wildman–Crippen MR) is 86.2 cm³/mol. The number of anilines is 1. The fourth-order valence-corrected chi connectivity index (χ4v) is 2.89. The number of aryl methyl sites for hydroxylation is 3. The molecular formula is C16H15N3O2S. The van der Waals surface area contributed by atoms with Gasteiger partial charge in [0.15, 0.2) is 10.8 Å². The van der Waals surface area contributed by atoms with Gasteiger partial charge < -0.3 is 4.52 Å². The van der Waals surface area contributed by atoms with Gasteiger partial charge in [-0.3, -0.25) is 10.1 Å². The Morgan fingerprint density at radius 3 is 2.55 bits per heavy atom.